The van der Waals surface area contributed by atoms with Crippen LogP contribution in [0.25, 0.3) is 0 Å². The summed E-state index contributed by atoms with van der Waals surface area (Å²) in [6.07, 6.45) is 2.71. The first kappa shape index (κ1) is 16.6. The van der Waals surface area contributed by atoms with Crippen LogP contribution in [0.15, 0.2) is 30.6 Å². The predicted molar refractivity (Wildman–Crippen MR) is 84.6 cm³/mol. The molecule has 1 heterocycles. The molecule has 0 bridgehead atoms. The van der Waals surface area contributed by atoms with Gasteiger partial charge < -0.3 is 15.7 Å². The molecule has 17 heavy (non-hydrogen) atoms. The third-order valence-electron chi connectivity index (χ3n) is 1.30. The number of hydrogen-bond acceptors (Lipinski definition) is 4. The molecule has 0 amide bonds. The molecule has 1 atom stereocenters. The van der Waals surface area contributed by atoms with Crippen LogP contribution in [-0.4, -0.2) is 31.5 Å². The Morgan fingerprint density at radius 2 is 1.76 bits per heavy atom. The van der Waals surface area contributed by atoms with Gasteiger partial charge in [-0.3, -0.25) is 4.98 Å². The summed E-state index contributed by atoms with van der Waals surface area (Å²) in [4.78, 5) is 3.78. The van der Waals surface area contributed by atoms with E-state index in [1.807, 2.05) is 18.2 Å². The number of thiol groups is 2. The lowest BCUT2D eigenvalue weighted by Gasteiger charge is -2.12. The molecule has 4 nitrogen and oxygen atoms in total. The minimum atomic E-state index is -0.787. The molecular weight excluding hydrogens is 294 g/mol. The summed E-state index contributed by atoms with van der Waals surface area (Å²) in [6, 6.07) is 5.72. The monoisotopic (exact) mass is 307 g/mol. The summed E-state index contributed by atoms with van der Waals surface area (Å²) in [5.74, 6) is 0. The van der Waals surface area contributed by atoms with Gasteiger partial charge in [0.2, 0.25) is 0 Å². The highest BCUT2D eigenvalue weighted by atomic mass is 32.1. The van der Waals surface area contributed by atoms with Gasteiger partial charge in [-0.2, -0.15) is 0 Å². The molecule has 1 rings (SSSR count). The molecule has 1 aromatic heterocycles. The van der Waals surface area contributed by atoms with E-state index in [9.17, 15) is 0 Å². The normalized spacial score (nSPS) is 10.5. The third-order valence-corrected chi connectivity index (χ3v) is 1.85. The highest BCUT2D eigenvalue weighted by Gasteiger charge is 2.01. The minimum absolute atomic E-state index is 0.240. The van der Waals surface area contributed by atoms with Crippen LogP contribution in [0.3, 0.4) is 0 Å². The highest BCUT2D eigenvalue weighted by Crippen LogP contribution is 1.83. The summed E-state index contributed by atoms with van der Waals surface area (Å²) in [5, 5.41) is 14.2. The molecule has 0 radical (unpaired) electrons. The molecule has 0 aliphatic carbocycles. The average Bonchev–Trinajstić information content (AvgIpc) is 2.29. The van der Waals surface area contributed by atoms with Gasteiger partial charge in [-0.15, -0.1) is 25.3 Å². The van der Waals surface area contributed by atoms with E-state index < -0.39 is 6.23 Å². The molecule has 8 heteroatoms. The molecule has 0 saturated heterocycles. The predicted octanol–water partition coefficient (Wildman–Crippen LogP) is 0.995. The van der Waals surface area contributed by atoms with Gasteiger partial charge in [0.05, 0.1) is 6.54 Å². The van der Waals surface area contributed by atoms with Crippen molar-refractivity contribution < 1.29 is 5.11 Å². The van der Waals surface area contributed by atoms with Crippen LogP contribution in [0.2, 0.25) is 0 Å². The Morgan fingerprint density at radius 1 is 1.18 bits per heavy atom. The SMILES string of the molecule is OC(CNC(=S)S)NC(=S)S.c1ccncc1. The summed E-state index contributed by atoms with van der Waals surface area (Å²) >= 11 is 16.7. The fourth-order valence-corrected chi connectivity index (χ4v) is 1.15. The molecule has 0 aliphatic heterocycles. The molecule has 3 N–H and O–H groups in total. The second-order valence-corrected chi connectivity index (χ2v) is 4.99. The van der Waals surface area contributed by atoms with E-state index in [4.69, 9.17) is 5.11 Å². The number of aromatic nitrogens is 1. The first-order valence-corrected chi connectivity index (χ1v) is 6.22. The van der Waals surface area contributed by atoms with Crippen molar-refractivity contribution in [3.05, 3.63) is 30.6 Å². The number of hydrogen-bond donors (Lipinski definition) is 5. The smallest absolute Gasteiger partial charge is 0.142 e. The van der Waals surface area contributed by atoms with Crippen molar-refractivity contribution in [3.8, 4) is 0 Å². The molecule has 0 spiro atoms. The molecule has 0 aromatic carbocycles. The lowest BCUT2D eigenvalue weighted by molar-refractivity contribution is 0.165. The van der Waals surface area contributed by atoms with E-state index in [0.717, 1.165) is 0 Å². The molecule has 94 valence electrons. The number of aliphatic hydroxyl groups excluding tert-OH is 1. The number of nitrogens with one attached hydrogen (secondary N) is 2. The van der Waals surface area contributed by atoms with E-state index in [1.54, 1.807) is 12.4 Å². The van der Waals surface area contributed by atoms with Gasteiger partial charge >= 0.3 is 0 Å². The van der Waals surface area contributed by atoms with Crippen LogP contribution in [0.1, 0.15) is 0 Å². The molecule has 1 unspecified atom stereocenters. The molecule has 0 aliphatic rings. The van der Waals surface area contributed by atoms with Gasteiger partial charge in [-0.05, 0) is 12.1 Å². The van der Waals surface area contributed by atoms with E-state index in [0.29, 0.717) is 4.32 Å². The molecule has 1 aromatic rings. The van der Waals surface area contributed by atoms with Gasteiger partial charge in [0.1, 0.15) is 14.9 Å². The van der Waals surface area contributed by atoms with E-state index in [-0.39, 0.29) is 10.9 Å². The second-order valence-electron chi connectivity index (χ2n) is 2.68. The maximum atomic E-state index is 9.06. The van der Waals surface area contributed by atoms with Crippen LogP contribution in [0.5, 0.6) is 0 Å². The van der Waals surface area contributed by atoms with Gasteiger partial charge in [0.25, 0.3) is 0 Å². The minimum Gasteiger partial charge on any atom is -0.372 e. The van der Waals surface area contributed by atoms with Crippen molar-refractivity contribution in [3.63, 3.8) is 0 Å². The maximum absolute atomic E-state index is 9.06. The quantitative estimate of drug-likeness (QED) is 0.326. The third kappa shape index (κ3) is 13.5. The topological polar surface area (TPSA) is 57.2 Å². The van der Waals surface area contributed by atoms with Crippen molar-refractivity contribution in [1.29, 1.82) is 0 Å². The summed E-state index contributed by atoms with van der Waals surface area (Å²) in [7, 11) is 0. The van der Waals surface area contributed by atoms with Crippen molar-refractivity contribution in [1.82, 2.24) is 15.6 Å². The number of nitrogens with zero attached hydrogens (tertiary/aromatic N) is 1. The number of rotatable bonds is 3. The molecule has 0 fully saturated rings. The zero-order valence-corrected chi connectivity index (χ0v) is 12.2. The van der Waals surface area contributed by atoms with Gasteiger partial charge in [-0.25, -0.2) is 0 Å². The lowest BCUT2D eigenvalue weighted by Crippen LogP contribution is -2.40. The zero-order valence-electron chi connectivity index (χ0n) is 8.78. The zero-order chi connectivity index (χ0) is 13.1. The van der Waals surface area contributed by atoms with Crippen LogP contribution < -0.4 is 10.6 Å². The van der Waals surface area contributed by atoms with Crippen molar-refractivity contribution in [2.45, 2.75) is 6.23 Å². The first-order valence-electron chi connectivity index (χ1n) is 4.51. The molecule has 0 saturated carbocycles. The maximum Gasteiger partial charge on any atom is 0.142 e. The van der Waals surface area contributed by atoms with Gasteiger partial charge in [-0.1, -0.05) is 30.5 Å². The largest absolute Gasteiger partial charge is 0.372 e. The Morgan fingerprint density at radius 3 is 2.06 bits per heavy atom. The Labute approximate surface area is 122 Å². The number of aliphatic hydroxyl groups is 1. The first-order chi connectivity index (χ1) is 8.02. The Hall–Kier alpha value is -0.410. The summed E-state index contributed by atoms with van der Waals surface area (Å²) in [6.45, 7) is 0.253. The second kappa shape index (κ2) is 10.7. The fourth-order valence-electron chi connectivity index (χ4n) is 0.690. The van der Waals surface area contributed by atoms with E-state index >= 15 is 0 Å². The van der Waals surface area contributed by atoms with Crippen LogP contribution >= 0.6 is 49.7 Å². The Balaban J connectivity index is 0.000000354. The van der Waals surface area contributed by atoms with Crippen molar-refractivity contribution >= 4 is 58.3 Å². The number of pyridine rings is 1. The fraction of sp³-hybridized carbons (Fsp3) is 0.222. The van der Waals surface area contributed by atoms with Gasteiger partial charge in [0.15, 0.2) is 0 Å². The average molecular weight is 307 g/mol. The van der Waals surface area contributed by atoms with Crippen LogP contribution in [0.4, 0.5) is 0 Å². The number of thiocarbonyl (C=S) groups is 2. The van der Waals surface area contributed by atoms with E-state index in [2.05, 4.69) is 65.3 Å². The highest BCUT2D eigenvalue weighted by molar-refractivity contribution is 8.11. The van der Waals surface area contributed by atoms with Crippen LogP contribution in [0, 0.1) is 0 Å². The molecular formula is C9H13N3OS4. The van der Waals surface area contributed by atoms with Crippen molar-refractivity contribution in [2.75, 3.05) is 6.54 Å². The standard InChI is InChI=1S/C5H5N.C4H8N2OS4/c1-2-4-6-5-3-1;7-2(6-4(10)11)1-5-3(8)9/h1-5H;2,7H,1H2,(H2,5,8,9)(H2,6,10,11). The van der Waals surface area contributed by atoms with E-state index in [1.165, 1.54) is 0 Å². The Bertz CT molecular complexity index is 310. The van der Waals surface area contributed by atoms with Gasteiger partial charge in [0, 0.05) is 12.4 Å². The Kier molecular flexibility index (Phi) is 10.5. The lowest BCUT2D eigenvalue weighted by atomic mass is 10.5. The van der Waals surface area contributed by atoms with Crippen LogP contribution in [-0.2, 0) is 0 Å². The summed E-state index contributed by atoms with van der Waals surface area (Å²) in [5.41, 5.74) is 0. The van der Waals surface area contributed by atoms with Crippen molar-refractivity contribution in [2.24, 2.45) is 0 Å². The summed E-state index contributed by atoms with van der Waals surface area (Å²) < 4.78 is 0.570.